The third kappa shape index (κ3) is 4.29. The van der Waals surface area contributed by atoms with Gasteiger partial charge in [0.2, 0.25) is 0 Å². The first-order valence-electron chi connectivity index (χ1n) is 6.56. The highest BCUT2D eigenvalue weighted by molar-refractivity contribution is 7.99. The fraction of sp³-hybridized carbons (Fsp3) is 0.714. The second-order valence-corrected chi connectivity index (χ2v) is 7.94. The molecule has 0 amide bonds. The standard InChI is InChI=1S/C14H22OS2/c1-2-12-5-8-16-14(11-12)4-3-13-6-9-17(15)10-7-13/h2-3,14H,4-11H2,1H3/b12-2+,13-3?. The molecule has 2 aliphatic rings. The highest BCUT2D eigenvalue weighted by Gasteiger charge is 2.17. The van der Waals surface area contributed by atoms with Gasteiger partial charge < -0.3 is 0 Å². The Morgan fingerprint density at radius 2 is 2.06 bits per heavy atom. The average Bonchev–Trinajstić information content (AvgIpc) is 2.38. The van der Waals surface area contributed by atoms with Crippen molar-refractivity contribution in [3.8, 4) is 0 Å². The number of rotatable bonds is 2. The van der Waals surface area contributed by atoms with E-state index in [-0.39, 0.29) is 0 Å². The Labute approximate surface area is 112 Å². The fourth-order valence-electron chi connectivity index (χ4n) is 2.44. The first kappa shape index (κ1) is 13.4. The van der Waals surface area contributed by atoms with E-state index >= 15 is 0 Å². The van der Waals surface area contributed by atoms with Gasteiger partial charge >= 0.3 is 0 Å². The quantitative estimate of drug-likeness (QED) is 0.712. The van der Waals surface area contributed by atoms with Crippen LogP contribution in [0.4, 0.5) is 0 Å². The van der Waals surface area contributed by atoms with E-state index in [1.54, 1.807) is 11.1 Å². The van der Waals surface area contributed by atoms with Crippen molar-refractivity contribution in [2.45, 2.75) is 44.3 Å². The molecular formula is C14H22OS2. The Morgan fingerprint density at radius 3 is 2.76 bits per heavy atom. The topological polar surface area (TPSA) is 17.1 Å². The van der Waals surface area contributed by atoms with Crippen LogP contribution in [0.15, 0.2) is 23.3 Å². The molecule has 2 saturated heterocycles. The summed E-state index contributed by atoms with van der Waals surface area (Å²) in [4.78, 5) is 0. The SMILES string of the molecule is C/C=C1\CCSC(CC=C2CCS(=O)CC2)C1. The van der Waals surface area contributed by atoms with Crippen LogP contribution in [0.1, 0.15) is 39.0 Å². The van der Waals surface area contributed by atoms with Gasteiger partial charge in [0.15, 0.2) is 0 Å². The van der Waals surface area contributed by atoms with Crippen molar-refractivity contribution in [3.05, 3.63) is 23.3 Å². The molecule has 2 heterocycles. The lowest BCUT2D eigenvalue weighted by molar-refractivity contribution is 0.676. The van der Waals surface area contributed by atoms with Gasteiger partial charge in [-0.2, -0.15) is 11.8 Å². The van der Waals surface area contributed by atoms with Crippen LogP contribution in [0.5, 0.6) is 0 Å². The van der Waals surface area contributed by atoms with Gasteiger partial charge in [-0.15, -0.1) is 0 Å². The van der Waals surface area contributed by atoms with Crippen molar-refractivity contribution in [1.82, 2.24) is 0 Å². The van der Waals surface area contributed by atoms with Crippen molar-refractivity contribution < 1.29 is 4.21 Å². The summed E-state index contributed by atoms with van der Waals surface area (Å²) in [5.74, 6) is 3.07. The highest BCUT2D eigenvalue weighted by Crippen LogP contribution is 2.32. The van der Waals surface area contributed by atoms with Crippen molar-refractivity contribution in [2.24, 2.45) is 0 Å². The fourth-order valence-corrected chi connectivity index (χ4v) is 4.90. The van der Waals surface area contributed by atoms with E-state index in [0.717, 1.165) is 29.6 Å². The molecule has 1 nitrogen and oxygen atoms in total. The van der Waals surface area contributed by atoms with Crippen LogP contribution in [0.3, 0.4) is 0 Å². The summed E-state index contributed by atoms with van der Waals surface area (Å²) in [5.41, 5.74) is 3.19. The van der Waals surface area contributed by atoms with Crippen LogP contribution in [-0.4, -0.2) is 26.7 Å². The molecular weight excluding hydrogens is 248 g/mol. The van der Waals surface area contributed by atoms with Gasteiger partial charge in [0.05, 0.1) is 0 Å². The number of hydrogen-bond donors (Lipinski definition) is 0. The highest BCUT2D eigenvalue weighted by atomic mass is 32.2. The first-order chi connectivity index (χ1) is 8.28. The van der Waals surface area contributed by atoms with E-state index in [4.69, 9.17) is 0 Å². The maximum atomic E-state index is 11.3. The van der Waals surface area contributed by atoms with Gasteiger partial charge in [-0.05, 0) is 44.8 Å². The molecule has 0 spiro atoms. The van der Waals surface area contributed by atoms with Crippen LogP contribution in [0, 0.1) is 0 Å². The number of hydrogen-bond acceptors (Lipinski definition) is 2. The van der Waals surface area contributed by atoms with Gasteiger partial charge in [-0.25, -0.2) is 0 Å². The summed E-state index contributed by atoms with van der Waals surface area (Å²) in [6, 6.07) is 0. The van der Waals surface area contributed by atoms with Crippen LogP contribution in [0.2, 0.25) is 0 Å². The van der Waals surface area contributed by atoms with Gasteiger partial charge in [0.1, 0.15) is 0 Å². The number of thioether (sulfide) groups is 1. The van der Waals surface area contributed by atoms with Gasteiger partial charge in [0, 0.05) is 27.6 Å². The van der Waals surface area contributed by atoms with Crippen molar-refractivity contribution in [1.29, 1.82) is 0 Å². The first-order valence-corrected chi connectivity index (χ1v) is 9.10. The zero-order chi connectivity index (χ0) is 12.1. The molecule has 0 aliphatic carbocycles. The maximum Gasteiger partial charge on any atom is 0.0272 e. The zero-order valence-corrected chi connectivity index (χ0v) is 12.2. The molecule has 0 aromatic rings. The molecule has 0 saturated carbocycles. The van der Waals surface area contributed by atoms with E-state index in [2.05, 4.69) is 30.8 Å². The Hall–Kier alpha value is -0.0200. The Balaban J connectivity index is 1.81. The lowest BCUT2D eigenvalue weighted by atomic mass is 10.0. The van der Waals surface area contributed by atoms with Crippen LogP contribution >= 0.6 is 11.8 Å². The molecule has 0 N–H and O–H groups in total. The second kappa shape index (κ2) is 6.79. The molecule has 2 rings (SSSR count). The molecule has 0 aromatic heterocycles. The molecule has 2 fully saturated rings. The van der Waals surface area contributed by atoms with Gasteiger partial charge in [-0.1, -0.05) is 23.3 Å². The predicted molar refractivity (Wildman–Crippen MR) is 79.0 cm³/mol. The summed E-state index contributed by atoms with van der Waals surface area (Å²) in [5, 5.41) is 0.787. The minimum absolute atomic E-state index is 0.532. The Bertz CT molecular complexity index is 332. The normalized spacial score (nSPS) is 32.8. The molecule has 0 radical (unpaired) electrons. The molecule has 96 valence electrons. The lowest BCUT2D eigenvalue weighted by Gasteiger charge is -2.23. The summed E-state index contributed by atoms with van der Waals surface area (Å²) in [6.45, 7) is 2.16. The third-order valence-corrected chi connectivity index (χ3v) is 6.24. The van der Waals surface area contributed by atoms with Gasteiger partial charge in [0.25, 0.3) is 0 Å². The van der Waals surface area contributed by atoms with E-state index < -0.39 is 10.8 Å². The van der Waals surface area contributed by atoms with E-state index in [1.807, 2.05) is 0 Å². The molecule has 0 aromatic carbocycles. The van der Waals surface area contributed by atoms with Gasteiger partial charge in [-0.3, -0.25) is 4.21 Å². The van der Waals surface area contributed by atoms with Crippen LogP contribution in [0.25, 0.3) is 0 Å². The monoisotopic (exact) mass is 270 g/mol. The minimum Gasteiger partial charge on any atom is -0.260 e. The minimum atomic E-state index is -0.532. The Morgan fingerprint density at radius 1 is 1.29 bits per heavy atom. The predicted octanol–water partition coefficient (Wildman–Crippen LogP) is 3.69. The molecule has 17 heavy (non-hydrogen) atoms. The van der Waals surface area contributed by atoms with Crippen molar-refractivity contribution in [3.63, 3.8) is 0 Å². The lowest BCUT2D eigenvalue weighted by Crippen LogP contribution is -2.13. The van der Waals surface area contributed by atoms with E-state index in [1.165, 1.54) is 25.0 Å². The van der Waals surface area contributed by atoms with Crippen molar-refractivity contribution in [2.75, 3.05) is 17.3 Å². The second-order valence-electron chi connectivity index (χ2n) is 4.84. The maximum absolute atomic E-state index is 11.3. The molecule has 3 heteroatoms. The van der Waals surface area contributed by atoms with E-state index in [9.17, 15) is 4.21 Å². The summed E-state index contributed by atoms with van der Waals surface area (Å²) in [6.07, 6.45) is 10.6. The number of allylic oxidation sites excluding steroid dienone is 4. The smallest absolute Gasteiger partial charge is 0.0272 e. The molecule has 0 bridgehead atoms. The molecule has 1 atom stereocenters. The third-order valence-electron chi connectivity index (χ3n) is 3.65. The van der Waals surface area contributed by atoms with Crippen LogP contribution in [-0.2, 0) is 10.8 Å². The average molecular weight is 270 g/mol. The largest absolute Gasteiger partial charge is 0.260 e. The summed E-state index contributed by atoms with van der Waals surface area (Å²) >= 11 is 2.13. The summed E-state index contributed by atoms with van der Waals surface area (Å²) < 4.78 is 11.3. The molecule has 1 unspecified atom stereocenters. The summed E-state index contributed by atoms with van der Waals surface area (Å²) in [7, 11) is -0.532. The Kier molecular flexibility index (Phi) is 5.36. The zero-order valence-electron chi connectivity index (χ0n) is 10.6. The molecule has 2 aliphatic heterocycles. The van der Waals surface area contributed by atoms with Crippen molar-refractivity contribution >= 4 is 22.6 Å². The van der Waals surface area contributed by atoms with E-state index in [0.29, 0.717) is 0 Å². The van der Waals surface area contributed by atoms with Crippen LogP contribution < -0.4 is 0 Å².